The number of rotatable bonds is 6. The van der Waals surface area contributed by atoms with Crippen molar-refractivity contribution in [3.05, 3.63) is 17.5 Å². The van der Waals surface area contributed by atoms with Crippen LogP contribution in [-0.4, -0.2) is 73.3 Å². The standard InChI is InChI=1S/C22H35N5O2/c1-26(19-5-3-2-4-6-19)10-9-23-21(28)17-7-8-20-18(15-17)16-24-22(25-20)27-11-13-29-14-12-27/h16-17,19H,2-15H2,1H3,(H,23,28). The van der Waals surface area contributed by atoms with Crippen LogP contribution in [0.1, 0.15) is 49.8 Å². The van der Waals surface area contributed by atoms with Gasteiger partial charge in [-0.1, -0.05) is 19.3 Å². The number of nitrogens with one attached hydrogen (secondary N) is 1. The molecule has 0 aromatic carbocycles. The third-order valence-corrected chi connectivity index (χ3v) is 6.76. The van der Waals surface area contributed by atoms with Gasteiger partial charge in [0.25, 0.3) is 0 Å². The van der Waals surface area contributed by atoms with Crippen LogP contribution >= 0.6 is 0 Å². The minimum atomic E-state index is 0.0420. The summed E-state index contributed by atoms with van der Waals surface area (Å²) >= 11 is 0. The van der Waals surface area contributed by atoms with Crippen LogP contribution < -0.4 is 10.2 Å². The molecule has 7 nitrogen and oxygen atoms in total. The molecule has 1 atom stereocenters. The average molecular weight is 402 g/mol. The van der Waals surface area contributed by atoms with E-state index >= 15 is 0 Å². The maximum absolute atomic E-state index is 12.7. The number of nitrogens with zero attached hydrogens (tertiary/aromatic N) is 4. The Kier molecular flexibility index (Phi) is 6.98. The summed E-state index contributed by atoms with van der Waals surface area (Å²) in [5, 5.41) is 3.17. The first-order chi connectivity index (χ1) is 14.2. The molecule has 2 heterocycles. The summed E-state index contributed by atoms with van der Waals surface area (Å²) < 4.78 is 5.41. The second kappa shape index (κ2) is 9.85. The van der Waals surface area contributed by atoms with Gasteiger partial charge in [0.15, 0.2) is 0 Å². The van der Waals surface area contributed by atoms with Crippen LogP contribution in [-0.2, 0) is 22.4 Å². The lowest BCUT2D eigenvalue weighted by Crippen LogP contribution is -2.42. The number of aryl methyl sites for hydroxylation is 1. The van der Waals surface area contributed by atoms with Gasteiger partial charge in [0.2, 0.25) is 11.9 Å². The lowest BCUT2D eigenvalue weighted by molar-refractivity contribution is -0.125. The molecule has 7 heteroatoms. The Bertz CT molecular complexity index is 686. The van der Waals surface area contributed by atoms with Crippen molar-refractivity contribution in [2.45, 2.75) is 57.4 Å². The number of aromatic nitrogens is 2. The molecule has 1 unspecified atom stereocenters. The molecule has 3 aliphatic rings. The number of anilines is 1. The first-order valence-corrected chi connectivity index (χ1v) is 11.4. The molecule has 0 bridgehead atoms. The maximum Gasteiger partial charge on any atom is 0.225 e. The van der Waals surface area contributed by atoms with Gasteiger partial charge in [-0.25, -0.2) is 9.97 Å². The van der Waals surface area contributed by atoms with Crippen molar-refractivity contribution in [3.63, 3.8) is 0 Å². The highest BCUT2D eigenvalue weighted by Gasteiger charge is 2.27. The zero-order chi connectivity index (χ0) is 20.1. The summed E-state index contributed by atoms with van der Waals surface area (Å²) in [6.45, 7) is 4.84. The van der Waals surface area contributed by atoms with E-state index in [2.05, 4.69) is 27.1 Å². The van der Waals surface area contributed by atoms with Crippen molar-refractivity contribution >= 4 is 11.9 Å². The fourth-order valence-electron chi connectivity index (χ4n) is 4.84. The fourth-order valence-corrected chi connectivity index (χ4v) is 4.84. The summed E-state index contributed by atoms with van der Waals surface area (Å²) in [5.74, 6) is 1.03. The van der Waals surface area contributed by atoms with Crippen molar-refractivity contribution in [3.8, 4) is 0 Å². The Morgan fingerprint density at radius 1 is 1.24 bits per heavy atom. The van der Waals surface area contributed by atoms with Gasteiger partial charge in [-0.15, -0.1) is 0 Å². The Morgan fingerprint density at radius 3 is 2.83 bits per heavy atom. The smallest absolute Gasteiger partial charge is 0.225 e. The predicted octanol–water partition coefficient (Wildman–Crippen LogP) is 1.80. The number of morpholine rings is 1. The number of ether oxygens (including phenoxy) is 1. The molecule has 1 aliphatic heterocycles. The fraction of sp³-hybridized carbons (Fsp3) is 0.773. The Hall–Kier alpha value is -1.73. The number of carbonyl (C=O) groups is 1. The second-order valence-electron chi connectivity index (χ2n) is 8.74. The van der Waals surface area contributed by atoms with E-state index in [0.717, 1.165) is 75.9 Å². The normalized spacial score (nSPS) is 23.1. The lowest BCUT2D eigenvalue weighted by atomic mass is 9.86. The van der Waals surface area contributed by atoms with Crippen molar-refractivity contribution in [1.29, 1.82) is 0 Å². The molecule has 1 saturated heterocycles. The second-order valence-corrected chi connectivity index (χ2v) is 8.74. The molecule has 1 aromatic rings. The largest absolute Gasteiger partial charge is 0.378 e. The van der Waals surface area contributed by atoms with Gasteiger partial charge in [-0.2, -0.15) is 0 Å². The molecule has 2 fully saturated rings. The van der Waals surface area contributed by atoms with Crippen LogP contribution in [0.4, 0.5) is 5.95 Å². The topological polar surface area (TPSA) is 70.6 Å². The van der Waals surface area contributed by atoms with Gasteiger partial charge in [-0.3, -0.25) is 4.79 Å². The number of hydrogen-bond donors (Lipinski definition) is 1. The van der Waals surface area contributed by atoms with Crippen LogP contribution in [0.2, 0.25) is 0 Å². The summed E-state index contributed by atoms with van der Waals surface area (Å²) in [7, 11) is 2.20. The number of hydrogen-bond acceptors (Lipinski definition) is 6. The number of amides is 1. The highest BCUT2D eigenvalue weighted by molar-refractivity contribution is 5.79. The first kappa shape index (κ1) is 20.5. The minimum absolute atomic E-state index is 0.0420. The van der Waals surface area contributed by atoms with E-state index in [9.17, 15) is 4.79 Å². The van der Waals surface area contributed by atoms with Gasteiger partial charge in [0.05, 0.1) is 13.2 Å². The highest BCUT2D eigenvalue weighted by atomic mass is 16.5. The van der Waals surface area contributed by atoms with E-state index in [4.69, 9.17) is 9.72 Å². The predicted molar refractivity (Wildman–Crippen MR) is 113 cm³/mol. The van der Waals surface area contributed by atoms with E-state index in [1.165, 1.54) is 32.1 Å². The van der Waals surface area contributed by atoms with Crippen molar-refractivity contribution in [2.24, 2.45) is 5.92 Å². The van der Waals surface area contributed by atoms with E-state index in [1.54, 1.807) is 0 Å². The monoisotopic (exact) mass is 401 g/mol. The SMILES string of the molecule is CN(CCNC(=O)C1CCc2nc(N3CCOCC3)ncc2C1)C1CCCCC1. The highest BCUT2D eigenvalue weighted by Crippen LogP contribution is 2.26. The molecule has 29 heavy (non-hydrogen) atoms. The van der Waals surface area contributed by atoms with Crippen molar-refractivity contribution in [2.75, 3.05) is 51.3 Å². The summed E-state index contributed by atoms with van der Waals surface area (Å²) in [4.78, 5) is 26.7. The Morgan fingerprint density at radius 2 is 2.03 bits per heavy atom. The molecular weight excluding hydrogens is 366 g/mol. The number of fused-ring (bicyclic) bond motifs is 1. The van der Waals surface area contributed by atoms with E-state index in [0.29, 0.717) is 6.04 Å². The molecule has 0 spiro atoms. The van der Waals surface area contributed by atoms with Gasteiger partial charge in [0, 0.05) is 50.0 Å². The molecule has 160 valence electrons. The third-order valence-electron chi connectivity index (χ3n) is 6.76. The van der Waals surface area contributed by atoms with Crippen molar-refractivity contribution < 1.29 is 9.53 Å². The molecule has 1 amide bonds. The van der Waals surface area contributed by atoms with E-state index in [-0.39, 0.29) is 11.8 Å². The molecular formula is C22H35N5O2. The summed E-state index contributed by atoms with van der Waals surface area (Å²) in [6, 6.07) is 0.694. The zero-order valence-corrected chi connectivity index (χ0v) is 17.7. The minimum Gasteiger partial charge on any atom is -0.378 e. The van der Waals surface area contributed by atoms with Crippen LogP contribution in [0.15, 0.2) is 6.20 Å². The van der Waals surface area contributed by atoms with Gasteiger partial charge < -0.3 is 19.9 Å². The Labute approximate surface area is 174 Å². The number of carbonyl (C=O) groups excluding carboxylic acids is 1. The zero-order valence-electron chi connectivity index (χ0n) is 17.7. The van der Waals surface area contributed by atoms with Crippen LogP contribution in [0, 0.1) is 5.92 Å². The van der Waals surface area contributed by atoms with Crippen LogP contribution in [0.25, 0.3) is 0 Å². The lowest BCUT2D eigenvalue weighted by Gasteiger charge is -2.31. The van der Waals surface area contributed by atoms with Crippen LogP contribution in [0.3, 0.4) is 0 Å². The molecule has 0 radical (unpaired) electrons. The van der Waals surface area contributed by atoms with Gasteiger partial charge in [0.1, 0.15) is 0 Å². The molecule has 1 aromatic heterocycles. The summed E-state index contributed by atoms with van der Waals surface area (Å²) in [6.07, 6.45) is 11.1. The average Bonchev–Trinajstić information content (AvgIpc) is 2.79. The molecule has 2 aliphatic carbocycles. The molecule has 4 rings (SSSR count). The maximum atomic E-state index is 12.7. The first-order valence-electron chi connectivity index (χ1n) is 11.4. The number of likely N-dealkylation sites (N-methyl/N-ethyl adjacent to an activating group) is 1. The van der Waals surface area contributed by atoms with Gasteiger partial charge in [-0.05, 0) is 44.7 Å². The summed E-state index contributed by atoms with van der Waals surface area (Å²) in [5.41, 5.74) is 2.25. The van der Waals surface area contributed by atoms with E-state index in [1.807, 2.05) is 6.20 Å². The van der Waals surface area contributed by atoms with Crippen molar-refractivity contribution in [1.82, 2.24) is 20.2 Å². The van der Waals surface area contributed by atoms with Crippen LogP contribution in [0.5, 0.6) is 0 Å². The van der Waals surface area contributed by atoms with Gasteiger partial charge >= 0.3 is 0 Å². The Balaban J connectivity index is 1.25. The quantitative estimate of drug-likeness (QED) is 0.784. The molecule has 1 saturated carbocycles. The third kappa shape index (κ3) is 5.25. The van der Waals surface area contributed by atoms with E-state index < -0.39 is 0 Å². The molecule has 1 N–H and O–H groups in total.